The Kier molecular flexibility index (Phi) is 3.72. The van der Waals surface area contributed by atoms with Gasteiger partial charge in [0.15, 0.2) is 0 Å². The maximum absolute atomic E-state index is 12.9. The van der Waals surface area contributed by atoms with E-state index in [4.69, 9.17) is 0 Å². The van der Waals surface area contributed by atoms with Crippen LogP contribution in [0, 0.1) is 5.95 Å². The quantitative estimate of drug-likeness (QED) is 0.766. The lowest BCUT2D eigenvalue weighted by Crippen LogP contribution is -2.07. The number of rotatable bonds is 3. The molecule has 2 aromatic rings. The van der Waals surface area contributed by atoms with E-state index in [0.29, 0.717) is 0 Å². The minimum absolute atomic E-state index is 0.458. The van der Waals surface area contributed by atoms with Crippen LogP contribution in [-0.4, -0.2) is 19.1 Å². The van der Waals surface area contributed by atoms with Crippen molar-refractivity contribution < 1.29 is 4.39 Å². The normalized spacial score (nSPS) is 10.8. The van der Waals surface area contributed by atoms with Crippen LogP contribution in [-0.2, 0) is 0 Å². The second-order valence-corrected chi connectivity index (χ2v) is 4.23. The molecule has 0 saturated heterocycles. The smallest absolute Gasteiger partial charge is 0.213 e. The van der Waals surface area contributed by atoms with E-state index >= 15 is 0 Å². The average Bonchev–Trinajstić information content (AvgIpc) is 2.37. The molecule has 2 rings (SSSR count). The van der Waals surface area contributed by atoms with E-state index in [1.807, 2.05) is 55.4 Å². The van der Waals surface area contributed by atoms with Crippen molar-refractivity contribution in [1.82, 2.24) is 4.98 Å². The van der Waals surface area contributed by atoms with Crippen LogP contribution in [0.3, 0.4) is 0 Å². The summed E-state index contributed by atoms with van der Waals surface area (Å²) in [6.07, 6.45) is 5.29. The second kappa shape index (κ2) is 5.45. The molecule has 1 aromatic heterocycles. The van der Waals surface area contributed by atoms with Crippen molar-refractivity contribution in [2.75, 3.05) is 19.0 Å². The predicted octanol–water partition coefficient (Wildman–Crippen LogP) is 3.46. The number of anilines is 1. The van der Waals surface area contributed by atoms with Gasteiger partial charge in [0.2, 0.25) is 5.95 Å². The van der Waals surface area contributed by atoms with Crippen molar-refractivity contribution in [3.05, 3.63) is 59.7 Å². The van der Waals surface area contributed by atoms with Gasteiger partial charge in [-0.15, -0.1) is 0 Å². The monoisotopic (exact) mass is 242 g/mol. The molecule has 18 heavy (non-hydrogen) atoms. The summed E-state index contributed by atoms with van der Waals surface area (Å²) < 4.78 is 12.9. The maximum atomic E-state index is 12.9. The van der Waals surface area contributed by atoms with Gasteiger partial charge >= 0.3 is 0 Å². The third kappa shape index (κ3) is 3.17. The first-order chi connectivity index (χ1) is 8.65. The van der Waals surface area contributed by atoms with Crippen LogP contribution < -0.4 is 4.90 Å². The summed E-state index contributed by atoms with van der Waals surface area (Å²) >= 11 is 0. The minimum atomic E-state index is -0.458. The molecule has 0 atom stereocenters. The molecule has 0 amide bonds. The number of hydrogen-bond acceptors (Lipinski definition) is 2. The third-order valence-electron chi connectivity index (χ3n) is 2.63. The fraction of sp³-hybridized carbons (Fsp3) is 0.133. The highest BCUT2D eigenvalue weighted by molar-refractivity contribution is 5.70. The number of benzene rings is 1. The van der Waals surface area contributed by atoms with Crippen LogP contribution in [0.4, 0.5) is 10.1 Å². The molecule has 3 heteroatoms. The van der Waals surface area contributed by atoms with Crippen LogP contribution in [0.5, 0.6) is 0 Å². The molecule has 92 valence electrons. The molecule has 2 nitrogen and oxygen atoms in total. The number of aromatic nitrogens is 1. The highest BCUT2D eigenvalue weighted by atomic mass is 19.1. The van der Waals surface area contributed by atoms with E-state index in [-0.39, 0.29) is 0 Å². The van der Waals surface area contributed by atoms with Gasteiger partial charge in [0, 0.05) is 32.0 Å². The standard InChI is InChI=1S/C15H15FN2/c1-18(2)14-7-5-12(6-8-14)3-4-13-9-10-17-15(16)11-13/h3-11H,1-2H3. The summed E-state index contributed by atoms with van der Waals surface area (Å²) in [6.45, 7) is 0. The molecule has 0 aliphatic carbocycles. The number of pyridine rings is 1. The van der Waals surface area contributed by atoms with Gasteiger partial charge < -0.3 is 4.90 Å². The largest absolute Gasteiger partial charge is 0.378 e. The first-order valence-corrected chi connectivity index (χ1v) is 5.72. The third-order valence-corrected chi connectivity index (χ3v) is 2.63. The minimum Gasteiger partial charge on any atom is -0.378 e. The summed E-state index contributed by atoms with van der Waals surface area (Å²) in [5, 5.41) is 0. The van der Waals surface area contributed by atoms with Crippen LogP contribution in [0.2, 0.25) is 0 Å². The Bertz CT molecular complexity index is 545. The Morgan fingerprint density at radius 3 is 2.28 bits per heavy atom. The Labute approximate surface area is 106 Å². The summed E-state index contributed by atoms with van der Waals surface area (Å²) in [6, 6.07) is 11.3. The Hall–Kier alpha value is -2.16. The Morgan fingerprint density at radius 1 is 1.00 bits per heavy atom. The predicted molar refractivity (Wildman–Crippen MR) is 73.9 cm³/mol. The Morgan fingerprint density at radius 2 is 1.67 bits per heavy atom. The molecule has 0 spiro atoms. The lowest BCUT2D eigenvalue weighted by molar-refractivity contribution is 0.583. The molecule has 1 aromatic carbocycles. The van der Waals surface area contributed by atoms with Crippen molar-refractivity contribution in [2.24, 2.45) is 0 Å². The van der Waals surface area contributed by atoms with Gasteiger partial charge in [0.05, 0.1) is 0 Å². The van der Waals surface area contributed by atoms with Crippen molar-refractivity contribution in [3.63, 3.8) is 0 Å². The molecule has 1 heterocycles. The zero-order valence-corrected chi connectivity index (χ0v) is 10.5. The van der Waals surface area contributed by atoms with Gasteiger partial charge in [-0.25, -0.2) is 4.98 Å². The van der Waals surface area contributed by atoms with Crippen molar-refractivity contribution in [2.45, 2.75) is 0 Å². The van der Waals surface area contributed by atoms with Gasteiger partial charge in [-0.05, 0) is 29.3 Å². The van der Waals surface area contributed by atoms with Crippen LogP contribution in [0.15, 0.2) is 42.6 Å². The van der Waals surface area contributed by atoms with E-state index in [9.17, 15) is 4.39 Å². The zero-order valence-electron chi connectivity index (χ0n) is 10.5. The summed E-state index contributed by atoms with van der Waals surface area (Å²) in [7, 11) is 4.01. The van der Waals surface area contributed by atoms with E-state index in [1.54, 1.807) is 6.07 Å². The number of halogens is 1. The van der Waals surface area contributed by atoms with Gasteiger partial charge in [0.25, 0.3) is 0 Å². The SMILES string of the molecule is CN(C)c1ccc(C=Cc2ccnc(F)c2)cc1. The highest BCUT2D eigenvalue weighted by Gasteiger charge is 1.94. The van der Waals surface area contributed by atoms with Gasteiger partial charge in [0.1, 0.15) is 0 Å². The molecule has 0 N–H and O–H groups in total. The van der Waals surface area contributed by atoms with Gasteiger partial charge in [-0.3, -0.25) is 0 Å². The number of hydrogen-bond donors (Lipinski definition) is 0. The van der Waals surface area contributed by atoms with Gasteiger partial charge in [-0.1, -0.05) is 24.3 Å². The van der Waals surface area contributed by atoms with Crippen molar-refractivity contribution >= 4 is 17.8 Å². The first-order valence-electron chi connectivity index (χ1n) is 5.72. The van der Waals surface area contributed by atoms with Crippen LogP contribution in [0.25, 0.3) is 12.2 Å². The molecule has 0 fully saturated rings. The lowest BCUT2D eigenvalue weighted by Gasteiger charge is -2.11. The maximum Gasteiger partial charge on any atom is 0.213 e. The first kappa shape index (κ1) is 12.3. The topological polar surface area (TPSA) is 16.1 Å². The van der Waals surface area contributed by atoms with Crippen LogP contribution in [0.1, 0.15) is 11.1 Å². The number of nitrogens with zero attached hydrogens (tertiary/aromatic N) is 2. The van der Waals surface area contributed by atoms with Gasteiger partial charge in [-0.2, -0.15) is 4.39 Å². The summed E-state index contributed by atoms with van der Waals surface area (Å²) in [4.78, 5) is 5.57. The second-order valence-electron chi connectivity index (χ2n) is 4.23. The van der Waals surface area contributed by atoms with E-state index in [0.717, 1.165) is 16.8 Å². The molecule has 0 aliphatic rings. The summed E-state index contributed by atoms with van der Waals surface area (Å²) in [5.74, 6) is -0.458. The van der Waals surface area contributed by atoms with Crippen molar-refractivity contribution in [3.8, 4) is 0 Å². The van der Waals surface area contributed by atoms with E-state index in [1.165, 1.54) is 12.3 Å². The van der Waals surface area contributed by atoms with Crippen molar-refractivity contribution in [1.29, 1.82) is 0 Å². The average molecular weight is 242 g/mol. The fourth-order valence-corrected chi connectivity index (χ4v) is 1.60. The molecule has 0 bridgehead atoms. The molecular formula is C15H15FN2. The Balaban J connectivity index is 2.14. The molecule has 0 radical (unpaired) electrons. The molecule has 0 unspecified atom stereocenters. The van der Waals surface area contributed by atoms with E-state index < -0.39 is 5.95 Å². The summed E-state index contributed by atoms with van der Waals surface area (Å²) in [5.41, 5.74) is 3.04. The lowest BCUT2D eigenvalue weighted by atomic mass is 10.1. The highest BCUT2D eigenvalue weighted by Crippen LogP contribution is 2.14. The van der Waals surface area contributed by atoms with E-state index in [2.05, 4.69) is 4.98 Å². The van der Waals surface area contributed by atoms with Crippen LogP contribution >= 0.6 is 0 Å². The zero-order chi connectivity index (χ0) is 13.0. The fourth-order valence-electron chi connectivity index (χ4n) is 1.60. The molecular weight excluding hydrogens is 227 g/mol. The molecule has 0 aliphatic heterocycles. The molecule has 0 saturated carbocycles.